The maximum Gasteiger partial charge on any atom is 0.108 e. The summed E-state index contributed by atoms with van der Waals surface area (Å²) in [6.45, 7) is 0. The van der Waals surface area contributed by atoms with Crippen molar-refractivity contribution in [3.8, 4) is 22.5 Å². The van der Waals surface area contributed by atoms with Gasteiger partial charge in [-0.1, -0.05) is 66.7 Å². The maximum absolute atomic E-state index is 2.38. The quantitative estimate of drug-likeness (QED) is 0.261. The molecule has 2 nitrogen and oxygen atoms in total. The van der Waals surface area contributed by atoms with Crippen molar-refractivity contribution in [3.05, 3.63) is 121 Å². The zero-order valence-corrected chi connectivity index (χ0v) is 18.7. The fourth-order valence-electron chi connectivity index (χ4n) is 4.94. The van der Waals surface area contributed by atoms with E-state index in [9.17, 15) is 0 Å². The van der Waals surface area contributed by atoms with Gasteiger partial charge in [-0.15, -0.1) is 11.3 Å². The predicted octanol–water partition coefficient (Wildman–Crippen LogP) is 8.46. The first-order valence-electron chi connectivity index (χ1n) is 11.1. The second kappa shape index (κ2) is 7.22. The summed E-state index contributed by atoms with van der Waals surface area (Å²) in [6, 6.07) is 39.1. The molecule has 33 heavy (non-hydrogen) atoms. The van der Waals surface area contributed by atoms with E-state index in [-0.39, 0.29) is 0 Å². The van der Waals surface area contributed by atoms with E-state index in [1.807, 2.05) is 0 Å². The largest absolute Gasteiger partial charge is 0.316 e. The monoisotopic (exact) mass is 440 g/mol. The average molecular weight is 441 g/mol. The minimum absolute atomic E-state index is 1.16. The SMILES string of the molecule is c1ccc(-c2cn(-c3ccc(-n4c5ccccc5c5ccsc54)cc3)c3ccccc23)cc1. The van der Waals surface area contributed by atoms with Crippen LogP contribution in [0.4, 0.5) is 0 Å². The minimum atomic E-state index is 1.16. The average Bonchev–Trinajstić information content (AvgIpc) is 3.58. The zero-order valence-electron chi connectivity index (χ0n) is 17.8. The smallest absolute Gasteiger partial charge is 0.108 e. The van der Waals surface area contributed by atoms with Crippen molar-refractivity contribution in [1.29, 1.82) is 0 Å². The summed E-state index contributed by atoms with van der Waals surface area (Å²) in [5.41, 5.74) is 7.32. The van der Waals surface area contributed by atoms with Gasteiger partial charge in [0.1, 0.15) is 4.83 Å². The second-order valence-electron chi connectivity index (χ2n) is 8.30. The van der Waals surface area contributed by atoms with E-state index in [1.165, 1.54) is 48.8 Å². The third kappa shape index (κ3) is 2.80. The van der Waals surface area contributed by atoms with Crippen LogP contribution in [-0.2, 0) is 0 Å². The number of para-hydroxylation sites is 2. The van der Waals surface area contributed by atoms with Crippen molar-refractivity contribution in [1.82, 2.24) is 9.13 Å². The van der Waals surface area contributed by atoms with Crippen LogP contribution in [0.5, 0.6) is 0 Å². The molecule has 3 aromatic heterocycles. The first-order valence-corrected chi connectivity index (χ1v) is 12.0. The molecule has 0 aliphatic carbocycles. The number of rotatable bonds is 3. The summed E-state index contributed by atoms with van der Waals surface area (Å²) >= 11 is 1.80. The third-order valence-corrected chi connectivity index (χ3v) is 7.36. The Kier molecular flexibility index (Phi) is 4.05. The summed E-state index contributed by atoms with van der Waals surface area (Å²) in [4.78, 5) is 1.29. The molecule has 0 spiro atoms. The van der Waals surface area contributed by atoms with E-state index in [0.29, 0.717) is 0 Å². The molecule has 3 heteroatoms. The molecule has 0 fully saturated rings. The molecule has 0 radical (unpaired) electrons. The first kappa shape index (κ1) is 18.5. The van der Waals surface area contributed by atoms with Crippen LogP contribution in [0.15, 0.2) is 121 Å². The maximum atomic E-state index is 2.38. The van der Waals surface area contributed by atoms with Gasteiger partial charge in [0, 0.05) is 39.3 Å². The summed E-state index contributed by atoms with van der Waals surface area (Å²) in [5.74, 6) is 0. The normalized spacial score (nSPS) is 11.6. The van der Waals surface area contributed by atoms with Crippen molar-refractivity contribution >= 4 is 43.4 Å². The van der Waals surface area contributed by atoms with Gasteiger partial charge in [-0.25, -0.2) is 0 Å². The molecule has 0 aliphatic rings. The Hall–Kier alpha value is -4.08. The van der Waals surface area contributed by atoms with E-state index >= 15 is 0 Å². The van der Waals surface area contributed by atoms with Crippen molar-refractivity contribution in [3.63, 3.8) is 0 Å². The van der Waals surface area contributed by atoms with Gasteiger partial charge in [0.15, 0.2) is 0 Å². The van der Waals surface area contributed by atoms with Gasteiger partial charge in [0.25, 0.3) is 0 Å². The molecule has 156 valence electrons. The number of nitrogens with zero attached hydrogens (tertiary/aromatic N) is 2. The number of benzene rings is 4. The Bertz CT molecular complexity index is 1750. The molecule has 7 rings (SSSR count). The van der Waals surface area contributed by atoms with Crippen LogP contribution in [0.2, 0.25) is 0 Å². The third-order valence-electron chi connectivity index (χ3n) is 6.47. The Morgan fingerprint density at radius 2 is 1.18 bits per heavy atom. The van der Waals surface area contributed by atoms with Crippen molar-refractivity contribution < 1.29 is 0 Å². The molecule has 0 unspecified atom stereocenters. The van der Waals surface area contributed by atoms with Gasteiger partial charge in [-0.2, -0.15) is 0 Å². The molecular weight excluding hydrogens is 420 g/mol. The second-order valence-corrected chi connectivity index (χ2v) is 9.20. The lowest BCUT2D eigenvalue weighted by Gasteiger charge is -2.10. The lowest BCUT2D eigenvalue weighted by atomic mass is 10.1. The molecule has 0 bridgehead atoms. The van der Waals surface area contributed by atoms with Gasteiger partial charge < -0.3 is 9.13 Å². The van der Waals surface area contributed by atoms with Crippen LogP contribution in [0, 0.1) is 0 Å². The summed E-state index contributed by atoms with van der Waals surface area (Å²) in [5, 5.41) is 6.08. The van der Waals surface area contributed by atoms with E-state index < -0.39 is 0 Å². The zero-order chi connectivity index (χ0) is 21.8. The highest BCUT2D eigenvalue weighted by Gasteiger charge is 2.14. The van der Waals surface area contributed by atoms with Crippen LogP contribution in [0.25, 0.3) is 54.5 Å². The molecule has 0 saturated carbocycles. The van der Waals surface area contributed by atoms with Gasteiger partial charge in [0.05, 0.1) is 11.0 Å². The molecule has 4 aromatic carbocycles. The predicted molar refractivity (Wildman–Crippen MR) is 141 cm³/mol. The lowest BCUT2D eigenvalue weighted by Crippen LogP contribution is -1.95. The number of hydrogen-bond acceptors (Lipinski definition) is 1. The summed E-state index contributed by atoms with van der Waals surface area (Å²) in [7, 11) is 0. The molecular formula is C30H20N2S. The van der Waals surface area contributed by atoms with Crippen molar-refractivity contribution in [2.45, 2.75) is 0 Å². The molecule has 0 aliphatic heterocycles. The van der Waals surface area contributed by atoms with Crippen LogP contribution in [-0.4, -0.2) is 9.13 Å². The molecule has 3 heterocycles. The fourth-order valence-corrected chi connectivity index (χ4v) is 5.89. The van der Waals surface area contributed by atoms with Crippen LogP contribution in [0.3, 0.4) is 0 Å². The molecule has 0 atom stereocenters. The number of hydrogen-bond donors (Lipinski definition) is 0. The summed E-state index contributed by atoms with van der Waals surface area (Å²) < 4.78 is 4.68. The van der Waals surface area contributed by atoms with Crippen molar-refractivity contribution in [2.75, 3.05) is 0 Å². The van der Waals surface area contributed by atoms with Gasteiger partial charge in [-0.3, -0.25) is 0 Å². The van der Waals surface area contributed by atoms with E-state index in [0.717, 1.165) is 5.69 Å². The highest BCUT2D eigenvalue weighted by molar-refractivity contribution is 7.17. The van der Waals surface area contributed by atoms with Crippen LogP contribution < -0.4 is 0 Å². The van der Waals surface area contributed by atoms with Crippen molar-refractivity contribution in [2.24, 2.45) is 0 Å². The Labute approximate surface area is 195 Å². The van der Waals surface area contributed by atoms with E-state index in [1.54, 1.807) is 11.3 Å². The van der Waals surface area contributed by atoms with Crippen LogP contribution >= 0.6 is 11.3 Å². The first-order chi connectivity index (χ1) is 16.4. The topological polar surface area (TPSA) is 9.86 Å². The Morgan fingerprint density at radius 1 is 0.515 bits per heavy atom. The molecule has 0 amide bonds. The highest BCUT2D eigenvalue weighted by Crippen LogP contribution is 2.36. The number of fused-ring (bicyclic) bond motifs is 4. The van der Waals surface area contributed by atoms with Gasteiger partial charge in [0.2, 0.25) is 0 Å². The number of thiophene rings is 1. The number of aromatic nitrogens is 2. The lowest BCUT2D eigenvalue weighted by molar-refractivity contribution is 1.11. The standard InChI is InChI=1S/C30H20N2S/c1-2-8-21(9-3-1)27-20-31(28-12-6-4-11-25(27)28)22-14-16-23(17-15-22)32-29-13-7-5-10-24(29)26-18-19-33-30(26)32/h1-20H. The van der Waals surface area contributed by atoms with E-state index in [4.69, 9.17) is 0 Å². The van der Waals surface area contributed by atoms with Gasteiger partial charge >= 0.3 is 0 Å². The Balaban J connectivity index is 1.39. The summed E-state index contributed by atoms with van der Waals surface area (Å²) in [6.07, 6.45) is 2.26. The fraction of sp³-hybridized carbons (Fsp3) is 0. The minimum Gasteiger partial charge on any atom is -0.316 e. The van der Waals surface area contributed by atoms with Crippen LogP contribution in [0.1, 0.15) is 0 Å². The van der Waals surface area contributed by atoms with E-state index in [2.05, 4.69) is 130 Å². The molecule has 0 N–H and O–H groups in total. The molecule has 7 aromatic rings. The molecule has 0 saturated heterocycles. The highest BCUT2D eigenvalue weighted by atomic mass is 32.1. The Morgan fingerprint density at radius 3 is 2.00 bits per heavy atom. The van der Waals surface area contributed by atoms with Gasteiger partial charge in [-0.05, 0) is 53.4 Å².